The molecule has 7 heteroatoms. The van der Waals surface area contributed by atoms with Crippen LogP contribution < -0.4 is 15.6 Å². The highest BCUT2D eigenvalue weighted by molar-refractivity contribution is 5.58. The first-order valence-corrected chi connectivity index (χ1v) is 5.22. The Balaban J connectivity index is 2.37. The van der Waals surface area contributed by atoms with Gasteiger partial charge in [0.2, 0.25) is 5.36 Å². The maximum absolute atomic E-state index is 13.2. The highest BCUT2D eigenvalue weighted by atomic mass is 19.1. The van der Waals surface area contributed by atoms with Gasteiger partial charge in [0.15, 0.2) is 0 Å². The molecule has 0 fully saturated rings. The molecule has 2 aromatic rings. The molecule has 96 valence electrons. The van der Waals surface area contributed by atoms with Crippen LogP contribution in [0.1, 0.15) is 5.56 Å². The van der Waals surface area contributed by atoms with Crippen molar-refractivity contribution in [2.45, 2.75) is 0 Å². The number of aromatic amines is 1. The number of hydrogen-bond acceptors (Lipinski definition) is 4. The first-order chi connectivity index (χ1) is 9.08. The monoisotopic (exact) mass is 259 g/mol. The Bertz CT molecular complexity index is 714. The Morgan fingerprint density at radius 2 is 2.05 bits per heavy atom. The molecule has 2 N–H and O–H groups in total. The third-order valence-electron chi connectivity index (χ3n) is 2.30. The van der Waals surface area contributed by atoms with Gasteiger partial charge in [0.25, 0.3) is 0 Å². The third-order valence-corrected chi connectivity index (χ3v) is 2.30. The number of nitrogens with zero attached hydrogens (tertiary/aromatic N) is 2. The summed E-state index contributed by atoms with van der Waals surface area (Å²) in [6.07, 6.45) is 1.39. The van der Waals surface area contributed by atoms with E-state index in [1.165, 1.54) is 30.5 Å². The number of benzene rings is 1. The summed E-state index contributed by atoms with van der Waals surface area (Å²) in [5.74, 6) is -0.240. The van der Waals surface area contributed by atoms with Crippen LogP contribution in [0, 0.1) is 27.6 Å². The van der Waals surface area contributed by atoms with E-state index in [0.29, 0.717) is 11.5 Å². The van der Waals surface area contributed by atoms with Crippen LogP contribution in [0.3, 0.4) is 0 Å². The zero-order valence-corrected chi connectivity index (χ0v) is 9.55. The summed E-state index contributed by atoms with van der Waals surface area (Å²) in [5, 5.41) is 32.6. The molecular formula is C12H8FN4O2-. The molecule has 0 bridgehead atoms. The molecule has 0 unspecified atom stereocenters. The molecule has 1 aromatic carbocycles. The summed E-state index contributed by atoms with van der Waals surface area (Å²) in [4.78, 5) is 2.21. The van der Waals surface area contributed by atoms with E-state index in [1.807, 2.05) is 6.07 Å². The Hall–Kier alpha value is -3.01. The smallest absolute Gasteiger partial charge is 0.227 e. The first-order valence-electron chi connectivity index (χ1n) is 5.22. The molecule has 0 aliphatic rings. The summed E-state index contributed by atoms with van der Waals surface area (Å²) in [7, 11) is 0. The van der Waals surface area contributed by atoms with Crippen molar-refractivity contribution in [3.63, 3.8) is 0 Å². The minimum atomic E-state index is -0.563. The van der Waals surface area contributed by atoms with Crippen molar-refractivity contribution in [2.75, 3.05) is 5.32 Å². The maximum atomic E-state index is 13.2. The summed E-state index contributed by atoms with van der Waals surface area (Å²) in [5.41, 5.74) is 0.487. The minimum absolute atomic E-state index is 0.0989. The molecule has 0 saturated carbocycles. The van der Waals surface area contributed by atoms with Crippen molar-refractivity contribution >= 4 is 11.5 Å². The standard InChI is InChI=1S/C12H8FN4O2/c13-9-3-8(7-14)4-10(5-9)16-12-6-11(17(18)19)1-2-15-12/h1-6,15-16H/q-1. The topological polar surface area (TPSA) is 101 Å². The van der Waals surface area contributed by atoms with Gasteiger partial charge in [-0.3, -0.25) is 0 Å². The quantitative estimate of drug-likeness (QED) is 0.798. The molecule has 0 saturated heterocycles. The lowest BCUT2D eigenvalue weighted by Crippen LogP contribution is -2.18. The van der Waals surface area contributed by atoms with Gasteiger partial charge in [-0.1, -0.05) is 0 Å². The number of pyridine rings is 1. The van der Waals surface area contributed by atoms with E-state index in [1.54, 1.807) is 0 Å². The highest BCUT2D eigenvalue weighted by Gasteiger charge is 2.02. The van der Waals surface area contributed by atoms with E-state index in [4.69, 9.17) is 5.26 Å². The van der Waals surface area contributed by atoms with Gasteiger partial charge in [0.05, 0.1) is 17.7 Å². The Labute approximate surface area is 107 Å². The van der Waals surface area contributed by atoms with Crippen molar-refractivity contribution in [2.24, 2.45) is 0 Å². The third kappa shape index (κ3) is 3.01. The molecule has 2 rings (SSSR count). The molecule has 0 atom stereocenters. The fraction of sp³-hybridized carbons (Fsp3) is 0. The minimum Gasteiger partial charge on any atom is -0.612 e. The average Bonchev–Trinajstić information content (AvgIpc) is 2.38. The maximum Gasteiger partial charge on any atom is 0.227 e. The molecule has 0 radical (unpaired) electrons. The van der Waals surface area contributed by atoms with Crippen LogP contribution in [-0.2, 0) is 0 Å². The van der Waals surface area contributed by atoms with Gasteiger partial charge in [-0.05, 0) is 18.2 Å². The lowest BCUT2D eigenvalue weighted by atomic mass is 10.2. The number of halogens is 1. The average molecular weight is 259 g/mol. The molecule has 0 amide bonds. The second-order valence-corrected chi connectivity index (χ2v) is 3.68. The van der Waals surface area contributed by atoms with Gasteiger partial charge in [-0.2, -0.15) is 10.2 Å². The first kappa shape index (κ1) is 12.4. The van der Waals surface area contributed by atoms with E-state index in [9.17, 15) is 14.8 Å². The number of anilines is 2. The molecule has 1 aromatic heterocycles. The summed E-state index contributed by atoms with van der Waals surface area (Å²) in [6, 6.07) is 8.13. The van der Waals surface area contributed by atoms with Crippen molar-refractivity contribution < 1.29 is 4.39 Å². The number of H-pyrrole nitrogens is 1. The normalized spacial score (nSPS) is 9.68. The SMILES string of the molecule is N#Cc1cc(F)cc(Nc2cc(=[N+]([O-])[O-])cc[nH]2)c1. The Kier molecular flexibility index (Phi) is 3.34. The predicted octanol–water partition coefficient (Wildman–Crippen LogP) is 1.54. The van der Waals surface area contributed by atoms with Gasteiger partial charge in [0, 0.05) is 18.0 Å². The molecule has 19 heavy (non-hydrogen) atoms. The zero-order valence-electron chi connectivity index (χ0n) is 9.55. The van der Waals surface area contributed by atoms with Gasteiger partial charge in [-0.25, -0.2) is 4.39 Å². The van der Waals surface area contributed by atoms with Crippen LogP contribution in [0.5, 0.6) is 0 Å². The van der Waals surface area contributed by atoms with Crippen molar-refractivity contribution in [3.05, 3.63) is 63.7 Å². The van der Waals surface area contributed by atoms with Gasteiger partial charge in [-0.15, -0.1) is 0 Å². The van der Waals surface area contributed by atoms with Crippen LogP contribution in [0.15, 0.2) is 36.5 Å². The van der Waals surface area contributed by atoms with Crippen molar-refractivity contribution in [3.8, 4) is 6.07 Å². The molecule has 0 aliphatic heterocycles. The predicted molar refractivity (Wildman–Crippen MR) is 67.2 cm³/mol. The lowest BCUT2D eigenvalue weighted by molar-refractivity contribution is 0.628. The zero-order chi connectivity index (χ0) is 13.8. The van der Waals surface area contributed by atoms with Gasteiger partial charge < -0.3 is 20.7 Å². The van der Waals surface area contributed by atoms with E-state index >= 15 is 0 Å². The van der Waals surface area contributed by atoms with Crippen LogP contribution in [0.25, 0.3) is 0 Å². The van der Waals surface area contributed by atoms with Crippen LogP contribution in [0.4, 0.5) is 15.9 Å². The second-order valence-electron chi connectivity index (χ2n) is 3.68. The molecule has 0 spiro atoms. The Morgan fingerprint density at radius 3 is 2.74 bits per heavy atom. The highest BCUT2D eigenvalue weighted by Crippen LogP contribution is 2.16. The number of nitrogens with one attached hydrogen (secondary N) is 2. The van der Waals surface area contributed by atoms with E-state index in [-0.39, 0.29) is 10.9 Å². The largest absolute Gasteiger partial charge is 0.612 e. The molecule has 1 heterocycles. The summed E-state index contributed by atoms with van der Waals surface area (Å²) >= 11 is 0. The van der Waals surface area contributed by atoms with E-state index in [2.05, 4.69) is 10.3 Å². The number of nitriles is 1. The number of aromatic nitrogens is 1. The van der Waals surface area contributed by atoms with Crippen molar-refractivity contribution in [1.82, 2.24) is 9.89 Å². The molecular weight excluding hydrogens is 251 g/mol. The molecule has 6 nitrogen and oxygen atoms in total. The summed E-state index contributed by atoms with van der Waals surface area (Å²) in [6.45, 7) is 0. The lowest BCUT2D eigenvalue weighted by Gasteiger charge is -2.07. The molecule has 0 aliphatic carbocycles. The van der Waals surface area contributed by atoms with Crippen LogP contribution >= 0.6 is 0 Å². The van der Waals surface area contributed by atoms with Crippen LogP contribution in [-0.4, -0.2) is 4.98 Å². The number of rotatable bonds is 2. The van der Waals surface area contributed by atoms with E-state index < -0.39 is 10.7 Å². The summed E-state index contributed by atoms with van der Waals surface area (Å²) < 4.78 is 13.2. The van der Waals surface area contributed by atoms with Gasteiger partial charge in [0.1, 0.15) is 11.6 Å². The van der Waals surface area contributed by atoms with E-state index in [0.717, 1.165) is 6.07 Å². The van der Waals surface area contributed by atoms with Gasteiger partial charge >= 0.3 is 0 Å². The fourth-order valence-electron chi connectivity index (χ4n) is 1.52. The Morgan fingerprint density at radius 1 is 1.26 bits per heavy atom. The fourth-order valence-corrected chi connectivity index (χ4v) is 1.52. The van der Waals surface area contributed by atoms with Crippen molar-refractivity contribution in [1.29, 1.82) is 5.26 Å². The second kappa shape index (κ2) is 5.10. The number of hydrogen-bond donors (Lipinski definition) is 2. The van der Waals surface area contributed by atoms with Crippen LogP contribution in [0.2, 0.25) is 0 Å².